The molecule has 2 aromatic rings. The number of carbonyl (C=O) groups is 3. The van der Waals surface area contributed by atoms with Crippen molar-refractivity contribution >= 4 is 34.8 Å². The standard InChI is InChI=1S/C36H43ClN2O6/c1-7-44-29-16-22(15-24(37)34(29)45-21-30(42)38-23-11-9-8-10-12-23)31-32-25(17-35(2,3)19-27(32)40)39(13-14-43-6)26-18-36(4,5)20-28(41)33(26)31/h8-12,15-16,31H,7,13-14,17-21H2,1-6H3,(H,38,42). The van der Waals surface area contributed by atoms with Crippen LogP contribution in [-0.4, -0.2) is 55.8 Å². The molecule has 9 heteroatoms. The fourth-order valence-electron chi connectivity index (χ4n) is 6.85. The summed E-state index contributed by atoms with van der Waals surface area (Å²) < 4.78 is 17.4. The normalized spacial score (nSPS) is 19.3. The van der Waals surface area contributed by atoms with Crippen molar-refractivity contribution < 1.29 is 28.6 Å². The van der Waals surface area contributed by atoms with Gasteiger partial charge in [0, 0.05) is 60.6 Å². The summed E-state index contributed by atoms with van der Waals surface area (Å²) >= 11 is 6.88. The first-order valence-electron chi connectivity index (χ1n) is 15.6. The second-order valence-corrected chi connectivity index (χ2v) is 14.1. The van der Waals surface area contributed by atoms with Gasteiger partial charge in [0.05, 0.1) is 18.2 Å². The number of ketones is 2. The van der Waals surface area contributed by atoms with Crippen LogP contribution in [0.1, 0.15) is 71.8 Å². The predicted octanol–water partition coefficient (Wildman–Crippen LogP) is 7.09. The predicted molar refractivity (Wildman–Crippen MR) is 175 cm³/mol. The van der Waals surface area contributed by atoms with Crippen molar-refractivity contribution in [3.05, 3.63) is 75.6 Å². The van der Waals surface area contributed by atoms with Crippen LogP contribution in [0.5, 0.6) is 11.5 Å². The van der Waals surface area contributed by atoms with Crippen LogP contribution in [0.2, 0.25) is 5.02 Å². The molecule has 2 aliphatic carbocycles. The number of benzene rings is 2. The van der Waals surface area contributed by atoms with Crippen molar-refractivity contribution in [3.63, 3.8) is 0 Å². The third-order valence-electron chi connectivity index (χ3n) is 8.61. The lowest BCUT2D eigenvalue weighted by Crippen LogP contribution is -2.45. The van der Waals surface area contributed by atoms with Crippen molar-refractivity contribution in [3.8, 4) is 11.5 Å². The number of nitrogens with zero attached hydrogens (tertiary/aromatic N) is 1. The first-order chi connectivity index (χ1) is 21.3. The SMILES string of the molecule is CCOc1cc(C2C3=C(CC(C)(C)CC3=O)N(CCOC)C3=C2C(=O)CC(C)(C)C3)cc(Cl)c1OCC(=O)Nc1ccccc1. The largest absolute Gasteiger partial charge is 0.490 e. The summed E-state index contributed by atoms with van der Waals surface area (Å²) in [5, 5.41) is 3.04. The van der Waals surface area contributed by atoms with Gasteiger partial charge in [-0.25, -0.2) is 0 Å². The molecule has 2 aromatic carbocycles. The first-order valence-corrected chi connectivity index (χ1v) is 15.9. The molecule has 0 spiro atoms. The summed E-state index contributed by atoms with van der Waals surface area (Å²) in [6.45, 7) is 11.4. The molecule has 3 aliphatic rings. The van der Waals surface area contributed by atoms with Gasteiger partial charge in [-0.05, 0) is 60.4 Å². The van der Waals surface area contributed by atoms with Crippen LogP contribution in [0.3, 0.4) is 0 Å². The Morgan fingerprint density at radius 3 is 2.09 bits per heavy atom. The molecular weight excluding hydrogens is 592 g/mol. The van der Waals surface area contributed by atoms with Crippen molar-refractivity contribution in [2.75, 3.05) is 38.8 Å². The third-order valence-corrected chi connectivity index (χ3v) is 8.89. The van der Waals surface area contributed by atoms with E-state index in [1.165, 1.54) is 0 Å². The highest BCUT2D eigenvalue weighted by Crippen LogP contribution is 2.55. The number of halogens is 1. The molecule has 0 bridgehead atoms. The van der Waals surface area contributed by atoms with Crippen LogP contribution >= 0.6 is 11.6 Å². The fourth-order valence-corrected chi connectivity index (χ4v) is 7.12. The number of rotatable bonds is 10. The van der Waals surface area contributed by atoms with Gasteiger partial charge in [-0.15, -0.1) is 0 Å². The Bertz CT molecular complexity index is 1500. The molecule has 1 aliphatic heterocycles. The Kier molecular flexibility index (Phi) is 9.47. The van der Waals surface area contributed by atoms with Crippen molar-refractivity contribution in [2.24, 2.45) is 10.8 Å². The van der Waals surface area contributed by atoms with E-state index < -0.39 is 5.92 Å². The van der Waals surface area contributed by atoms with E-state index in [1.807, 2.05) is 31.2 Å². The number of allylic oxidation sites excluding steroid dienone is 4. The number of carbonyl (C=O) groups excluding carboxylic acids is 3. The number of para-hydroxylation sites is 1. The van der Waals surface area contributed by atoms with Gasteiger partial charge in [-0.1, -0.05) is 57.5 Å². The van der Waals surface area contributed by atoms with Gasteiger partial charge >= 0.3 is 0 Å². The van der Waals surface area contributed by atoms with Crippen LogP contribution in [-0.2, 0) is 19.1 Å². The molecule has 1 amide bonds. The maximum Gasteiger partial charge on any atom is 0.262 e. The van der Waals surface area contributed by atoms with Gasteiger partial charge in [-0.2, -0.15) is 0 Å². The van der Waals surface area contributed by atoms with Crippen molar-refractivity contribution in [1.29, 1.82) is 0 Å². The smallest absolute Gasteiger partial charge is 0.262 e. The number of methoxy groups -OCH3 is 1. The summed E-state index contributed by atoms with van der Waals surface area (Å²) in [5.74, 6) is -0.283. The average Bonchev–Trinajstić information content (AvgIpc) is 2.94. The minimum Gasteiger partial charge on any atom is -0.490 e. The summed E-state index contributed by atoms with van der Waals surface area (Å²) in [7, 11) is 1.66. The van der Waals surface area contributed by atoms with Crippen LogP contribution in [0, 0.1) is 10.8 Å². The molecule has 0 atom stereocenters. The zero-order chi connectivity index (χ0) is 32.5. The zero-order valence-electron chi connectivity index (χ0n) is 27.1. The first kappa shape index (κ1) is 32.8. The van der Waals surface area contributed by atoms with Gasteiger partial charge in [0.2, 0.25) is 0 Å². The van der Waals surface area contributed by atoms with Gasteiger partial charge in [0.15, 0.2) is 29.7 Å². The molecule has 1 N–H and O–H groups in total. The highest BCUT2D eigenvalue weighted by atomic mass is 35.5. The molecule has 0 unspecified atom stereocenters. The maximum absolute atomic E-state index is 14.1. The number of amides is 1. The van der Waals surface area contributed by atoms with E-state index in [-0.39, 0.29) is 45.7 Å². The lowest BCUT2D eigenvalue weighted by molar-refractivity contribution is -0.120. The van der Waals surface area contributed by atoms with E-state index in [1.54, 1.807) is 25.3 Å². The third kappa shape index (κ3) is 6.97. The molecule has 240 valence electrons. The van der Waals surface area contributed by atoms with Crippen molar-refractivity contribution in [2.45, 2.75) is 66.2 Å². The number of hydrogen-bond donors (Lipinski definition) is 1. The zero-order valence-corrected chi connectivity index (χ0v) is 27.8. The van der Waals surface area contributed by atoms with Gasteiger partial charge in [0.1, 0.15) is 0 Å². The molecule has 1 heterocycles. The minimum absolute atomic E-state index is 0.0323. The van der Waals surface area contributed by atoms with Crippen LogP contribution in [0.25, 0.3) is 0 Å². The number of anilines is 1. The lowest BCUT2D eigenvalue weighted by atomic mass is 9.63. The number of ether oxygens (including phenoxy) is 3. The topological polar surface area (TPSA) is 94.2 Å². The fraction of sp³-hybridized carbons (Fsp3) is 0.472. The van der Waals surface area contributed by atoms with E-state index in [9.17, 15) is 14.4 Å². The van der Waals surface area contributed by atoms with Crippen LogP contribution < -0.4 is 14.8 Å². The van der Waals surface area contributed by atoms with Gasteiger partial charge in [0.25, 0.3) is 5.91 Å². The Labute approximate surface area is 270 Å². The molecule has 5 rings (SSSR count). The second kappa shape index (κ2) is 13.0. The van der Waals surface area contributed by atoms with Gasteiger partial charge in [-0.3, -0.25) is 14.4 Å². The van der Waals surface area contributed by atoms with E-state index in [4.69, 9.17) is 25.8 Å². The summed E-state index contributed by atoms with van der Waals surface area (Å²) in [4.78, 5) is 43.0. The number of hydrogen-bond acceptors (Lipinski definition) is 7. The Hall–Kier alpha value is -3.62. The Morgan fingerprint density at radius 1 is 0.933 bits per heavy atom. The average molecular weight is 635 g/mol. The quantitative estimate of drug-likeness (QED) is 0.298. The van der Waals surface area contributed by atoms with Crippen molar-refractivity contribution in [1.82, 2.24) is 4.90 Å². The Balaban J connectivity index is 1.59. The highest BCUT2D eigenvalue weighted by Gasteiger charge is 2.49. The maximum atomic E-state index is 14.1. The summed E-state index contributed by atoms with van der Waals surface area (Å²) in [6, 6.07) is 12.7. The molecule has 0 saturated carbocycles. The highest BCUT2D eigenvalue weighted by molar-refractivity contribution is 6.32. The van der Waals surface area contributed by atoms with E-state index in [2.05, 4.69) is 37.9 Å². The molecule has 0 saturated heterocycles. The van der Waals surface area contributed by atoms with Crippen LogP contribution in [0.15, 0.2) is 65.0 Å². The minimum atomic E-state index is -0.590. The van der Waals surface area contributed by atoms with E-state index >= 15 is 0 Å². The molecule has 8 nitrogen and oxygen atoms in total. The molecule has 0 fully saturated rings. The Morgan fingerprint density at radius 2 is 1.53 bits per heavy atom. The molecule has 0 aromatic heterocycles. The summed E-state index contributed by atoms with van der Waals surface area (Å²) in [5.41, 5.74) is 4.08. The monoisotopic (exact) mass is 634 g/mol. The molecular formula is C36H43ClN2O6. The number of nitrogens with one attached hydrogen (secondary N) is 1. The van der Waals surface area contributed by atoms with E-state index in [0.717, 1.165) is 11.4 Å². The number of Topliss-reactive ketones (excluding diaryl/α,β-unsaturated/α-hetero) is 2. The second-order valence-electron chi connectivity index (χ2n) is 13.6. The van der Waals surface area contributed by atoms with E-state index in [0.29, 0.717) is 73.6 Å². The molecule has 0 radical (unpaired) electrons. The van der Waals surface area contributed by atoms with Gasteiger partial charge < -0.3 is 24.4 Å². The summed E-state index contributed by atoms with van der Waals surface area (Å²) in [6.07, 6.45) is 2.16. The van der Waals surface area contributed by atoms with Crippen LogP contribution in [0.4, 0.5) is 5.69 Å². The molecule has 45 heavy (non-hydrogen) atoms. The lowest BCUT2D eigenvalue weighted by Gasteiger charge is -2.49.